The number of hydrogen-bond donors (Lipinski definition) is 2. The van der Waals surface area contributed by atoms with E-state index < -0.39 is 5.97 Å². The number of likely N-dealkylation sites (tertiary alicyclic amines) is 1. The summed E-state index contributed by atoms with van der Waals surface area (Å²) in [6.45, 7) is 7.02. The lowest BCUT2D eigenvalue weighted by atomic mass is 9.92. The highest BCUT2D eigenvalue weighted by Gasteiger charge is 2.28. The minimum Gasteiger partial charge on any atom is -0.481 e. The molecule has 0 saturated carbocycles. The van der Waals surface area contributed by atoms with E-state index >= 15 is 0 Å². The summed E-state index contributed by atoms with van der Waals surface area (Å²) in [5.41, 5.74) is 0. The predicted octanol–water partition coefficient (Wildman–Crippen LogP) is 2.46. The maximum atomic E-state index is 12.2. The first-order chi connectivity index (χ1) is 8.91. The fraction of sp³-hybridized carbons (Fsp3) is 0.857. The van der Waals surface area contributed by atoms with Gasteiger partial charge >= 0.3 is 12.0 Å². The van der Waals surface area contributed by atoms with Crippen molar-refractivity contribution in [2.75, 3.05) is 6.54 Å². The fourth-order valence-corrected chi connectivity index (χ4v) is 2.55. The molecule has 19 heavy (non-hydrogen) atoms. The molecule has 0 bridgehead atoms. The summed E-state index contributed by atoms with van der Waals surface area (Å²) in [4.78, 5) is 24.5. The molecule has 2 N–H and O–H groups in total. The fourth-order valence-electron chi connectivity index (χ4n) is 2.55. The molecule has 1 aliphatic heterocycles. The Labute approximate surface area is 115 Å². The zero-order valence-corrected chi connectivity index (χ0v) is 12.2. The van der Waals surface area contributed by atoms with Crippen molar-refractivity contribution in [1.82, 2.24) is 10.2 Å². The van der Waals surface area contributed by atoms with Gasteiger partial charge in [0.1, 0.15) is 0 Å². The first-order valence-corrected chi connectivity index (χ1v) is 7.20. The monoisotopic (exact) mass is 270 g/mol. The molecule has 1 fully saturated rings. The van der Waals surface area contributed by atoms with Crippen LogP contribution in [0.15, 0.2) is 0 Å². The van der Waals surface area contributed by atoms with E-state index in [1.165, 1.54) is 6.42 Å². The number of carboxylic acids is 1. The van der Waals surface area contributed by atoms with E-state index in [4.69, 9.17) is 5.11 Å². The van der Waals surface area contributed by atoms with Crippen molar-refractivity contribution in [2.45, 2.75) is 65.0 Å². The van der Waals surface area contributed by atoms with E-state index in [-0.39, 0.29) is 24.5 Å². The number of carboxylic acid groups (broad SMARTS) is 1. The van der Waals surface area contributed by atoms with Crippen LogP contribution >= 0.6 is 0 Å². The molecule has 2 amide bonds. The molecular formula is C14H26N2O3. The Morgan fingerprint density at radius 3 is 2.74 bits per heavy atom. The molecule has 0 spiro atoms. The van der Waals surface area contributed by atoms with E-state index in [2.05, 4.69) is 19.2 Å². The van der Waals surface area contributed by atoms with Gasteiger partial charge < -0.3 is 15.3 Å². The number of carbonyl (C=O) groups excluding carboxylic acids is 1. The largest absolute Gasteiger partial charge is 0.481 e. The summed E-state index contributed by atoms with van der Waals surface area (Å²) in [5.74, 6) is -0.237. The maximum Gasteiger partial charge on any atom is 0.317 e. The highest BCUT2D eigenvalue weighted by atomic mass is 16.4. The van der Waals surface area contributed by atoms with Gasteiger partial charge in [-0.3, -0.25) is 4.79 Å². The van der Waals surface area contributed by atoms with Crippen LogP contribution in [0.1, 0.15) is 52.9 Å². The average Bonchev–Trinajstić information content (AvgIpc) is 2.31. The van der Waals surface area contributed by atoms with Crippen LogP contribution in [0.2, 0.25) is 0 Å². The Bertz CT molecular complexity index is 320. The summed E-state index contributed by atoms with van der Waals surface area (Å²) in [6.07, 6.45) is 3.71. The van der Waals surface area contributed by atoms with Gasteiger partial charge in [0.15, 0.2) is 0 Å². The Morgan fingerprint density at radius 2 is 2.11 bits per heavy atom. The highest BCUT2D eigenvalue weighted by molar-refractivity contribution is 5.75. The second-order valence-corrected chi connectivity index (χ2v) is 5.69. The zero-order chi connectivity index (χ0) is 14.4. The standard InChI is InChI=1S/C14H26N2O3/c1-10-6-5-9-16(12(10)3)14(19)15-11(2)7-4-8-13(17)18/h10-12H,4-9H2,1-3H3,(H,15,19)(H,17,18). The van der Waals surface area contributed by atoms with Crippen LogP contribution in [-0.4, -0.2) is 40.6 Å². The number of rotatable bonds is 5. The first kappa shape index (κ1) is 15.8. The van der Waals surface area contributed by atoms with Crippen molar-refractivity contribution in [1.29, 1.82) is 0 Å². The van der Waals surface area contributed by atoms with Crippen molar-refractivity contribution in [3.05, 3.63) is 0 Å². The van der Waals surface area contributed by atoms with E-state index in [1.807, 2.05) is 11.8 Å². The molecule has 0 aromatic heterocycles. The molecule has 1 aliphatic rings. The third-order valence-corrected chi connectivity index (χ3v) is 4.03. The van der Waals surface area contributed by atoms with Gasteiger partial charge in [-0.25, -0.2) is 4.79 Å². The van der Waals surface area contributed by atoms with Crippen LogP contribution in [0.25, 0.3) is 0 Å². The van der Waals surface area contributed by atoms with Gasteiger partial charge in [-0.15, -0.1) is 0 Å². The second kappa shape index (κ2) is 7.36. The van der Waals surface area contributed by atoms with Crippen LogP contribution in [0.4, 0.5) is 4.79 Å². The molecule has 1 saturated heterocycles. The zero-order valence-electron chi connectivity index (χ0n) is 12.2. The summed E-state index contributed by atoms with van der Waals surface area (Å²) >= 11 is 0. The number of aliphatic carboxylic acids is 1. The average molecular weight is 270 g/mol. The predicted molar refractivity (Wildman–Crippen MR) is 74.0 cm³/mol. The molecule has 5 nitrogen and oxygen atoms in total. The smallest absolute Gasteiger partial charge is 0.317 e. The summed E-state index contributed by atoms with van der Waals surface area (Å²) in [6, 6.07) is 0.290. The van der Waals surface area contributed by atoms with Crippen molar-refractivity contribution >= 4 is 12.0 Å². The summed E-state index contributed by atoms with van der Waals surface area (Å²) in [5, 5.41) is 11.5. The van der Waals surface area contributed by atoms with Crippen molar-refractivity contribution in [3.63, 3.8) is 0 Å². The van der Waals surface area contributed by atoms with Crippen molar-refractivity contribution in [3.8, 4) is 0 Å². The maximum absolute atomic E-state index is 12.2. The van der Waals surface area contributed by atoms with Crippen LogP contribution in [0.5, 0.6) is 0 Å². The van der Waals surface area contributed by atoms with Gasteiger partial charge in [-0.05, 0) is 45.4 Å². The molecule has 110 valence electrons. The third-order valence-electron chi connectivity index (χ3n) is 4.03. The number of amides is 2. The van der Waals surface area contributed by atoms with Gasteiger partial charge in [0.25, 0.3) is 0 Å². The van der Waals surface area contributed by atoms with Gasteiger partial charge in [-0.1, -0.05) is 6.92 Å². The Hall–Kier alpha value is -1.26. The van der Waals surface area contributed by atoms with Crippen molar-refractivity contribution < 1.29 is 14.7 Å². The number of carbonyl (C=O) groups is 2. The molecule has 0 aromatic rings. The van der Waals surface area contributed by atoms with E-state index in [1.54, 1.807) is 0 Å². The lowest BCUT2D eigenvalue weighted by Gasteiger charge is -2.38. The van der Waals surface area contributed by atoms with E-state index in [0.717, 1.165) is 13.0 Å². The molecular weight excluding hydrogens is 244 g/mol. The number of nitrogens with zero attached hydrogens (tertiary/aromatic N) is 1. The minimum absolute atomic E-state index is 0.0122. The molecule has 0 aromatic carbocycles. The number of urea groups is 1. The molecule has 1 rings (SSSR count). The number of nitrogens with one attached hydrogen (secondary N) is 1. The molecule has 0 aliphatic carbocycles. The number of hydrogen-bond acceptors (Lipinski definition) is 2. The van der Waals surface area contributed by atoms with Crippen LogP contribution < -0.4 is 5.32 Å². The van der Waals surface area contributed by atoms with Crippen LogP contribution in [0, 0.1) is 5.92 Å². The SMILES string of the molecule is CC(CCCC(=O)O)NC(=O)N1CCCC(C)C1C. The topological polar surface area (TPSA) is 69.6 Å². The van der Waals surface area contributed by atoms with E-state index in [9.17, 15) is 9.59 Å². The molecule has 1 heterocycles. The molecule has 3 atom stereocenters. The third kappa shape index (κ3) is 5.09. The second-order valence-electron chi connectivity index (χ2n) is 5.69. The minimum atomic E-state index is -0.781. The quantitative estimate of drug-likeness (QED) is 0.806. The lowest BCUT2D eigenvalue weighted by Crippen LogP contribution is -2.52. The van der Waals surface area contributed by atoms with Gasteiger partial charge in [0.2, 0.25) is 0 Å². The molecule has 3 unspecified atom stereocenters. The summed E-state index contributed by atoms with van der Waals surface area (Å²) in [7, 11) is 0. The van der Waals surface area contributed by atoms with E-state index in [0.29, 0.717) is 18.8 Å². The molecule has 0 radical (unpaired) electrons. The Morgan fingerprint density at radius 1 is 1.42 bits per heavy atom. The van der Waals surface area contributed by atoms with Gasteiger partial charge in [-0.2, -0.15) is 0 Å². The molecule has 5 heteroatoms. The van der Waals surface area contributed by atoms with Gasteiger partial charge in [0, 0.05) is 25.0 Å². The Kier molecular flexibility index (Phi) is 6.12. The normalized spacial score (nSPS) is 24.9. The first-order valence-electron chi connectivity index (χ1n) is 7.20. The lowest BCUT2D eigenvalue weighted by molar-refractivity contribution is -0.137. The van der Waals surface area contributed by atoms with Crippen molar-refractivity contribution in [2.24, 2.45) is 5.92 Å². The number of piperidine rings is 1. The summed E-state index contributed by atoms with van der Waals surface area (Å²) < 4.78 is 0. The van der Waals surface area contributed by atoms with Crippen LogP contribution in [-0.2, 0) is 4.79 Å². The van der Waals surface area contributed by atoms with Gasteiger partial charge in [0.05, 0.1) is 0 Å². The highest BCUT2D eigenvalue weighted by Crippen LogP contribution is 2.22. The Balaban J connectivity index is 2.34. The van der Waals surface area contributed by atoms with Crippen LogP contribution in [0.3, 0.4) is 0 Å².